The van der Waals surface area contributed by atoms with Crippen LogP contribution in [-0.2, 0) is 0 Å². The van der Waals surface area contributed by atoms with E-state index in [1.165, 1.54) is 12.1 Å². The lowest BCUT2D eigenvalue weighted by molar-refractivity contribution is 0.0690. The van der Waals surface area contributed by atoms with Crippen molar-refractivity contribution in [2.75, 3.05) is 6.54 Å². The third-order valence-corrected chi connectivity index (χ3v) is 2.20. The van der Waals surface area contributed by atoms with E-state index >= 15 is 0 Å². The summed E-state index contributed by atoms with van der Waals surface area (Å²) in [6.07, 6.45) is 0. The van der Waals surface area contributed by atoms with E-state index in [1.54, 1.807) is 6.92 Å². The van der Waals surface area contributed by atoms with Gasteiger partial charge in [-0.1, -0.05) is 0 Å². The van der Waals surface area contributed by atoms with Gasteiger partial charge in [-0.15, -0.1) is 0 Å². The predicted molar refractivity (Wildman–Crippen MR) is 61.9 cm³/mol. The monoisotopic (exact) mass is 320 g/mol. The molecule has 0 atom stereocenters. The van der Waals surface area contributed by atoms with Crippen LogP contribution in [0, 0.1) is 3.57 Å². The Morgan fingerprint density at radius 3 is 2.60 bits per heavy atom. The van der Waals surface area contributed by atoms with Crippen LogP contribution in [0.15, 0.2) is 12.1 Å². The largest absolute Gasteiger partial charge is 0.477 e. The van der Waals surface area contributed by atoms with Crippen LogP contribution in [0.2, 0.25) is 0 Å². The van der Waals surface area contributed by atoms with Gasteiger partial charge in [-0.2, -0.15) is 0 Å². The van der Waals surface area contributed by atoms with Gasteiger partial charge in [0.1, 0.15) is 11.4 Å². The standard InChI is InChI=1S/C9H9IN2O3/c1-2-11-8(13)6-3-5(10)4-7(12-6)9(14)15/h3-4H,2H2,1H3,(H,11,13)(H,14,15). The molecule has 0 fully saturated rings. The first-order valence-electron chi connectivity index (χ1n) is 4.23. The van der Waals surface area contributed by atoms with Gasteiger partial charge < -0.3 is 10.4 Å². The number of halogens is 1. The number of nitrogens with zero attached hydrogens (tertiary/aromatic N) is 1. The third-order valence-electron chi connectivity index (χ3n) is 1.58. The summed E-state index contributed by atoms with van der Waals surface area (Å²) in [5.41, 5.74) is 0.00398. The summed E-state index contributed by atoms with van der Waals surface area (Å²) in [6.45, 7) is 2.26. The van der Waals surface area contributed by atoms with Gasteiger partial charge in [-0.3, -0.25) is 4.79 Å². The number of nitrogens with one attached hydrogen (secondary N) is 1. The SMILES string of the molecule is CCNC(=O)c1cc(I)cc(C(=O)O)n1. The number of carboxylic acid groups (broad SMARTS) is 1. The Labute approximate surface area is 100 Å². The Morgan fingerprint density at radius 2 is 2.07 bits per heavy atom. The highest BCUT2D eigenvalue weighted by atomic mass is 127. The van der Waals surface area contributed by atoms with Crippen molar-refractivity contribution >= 4 is 34.5 Å². The molecular formula is C9H9IN2O3. The van der Waals surface area contributed by atoms with E-state index in [4.69, 9.17) is 5.11 Å². The molecule has 2 N–H and O–H groups in total. The predicted octanol–water partition coefficient (Wildman–Crippen LogP) is 1.13. The molecule has 0 saturated carbocycles. The van der Waals surface area contributed by atoms with Crippen LogP contribution in [0.3, 0.4) is 0 Å². The molecule has 1 heterocycles. The maximum atomic E-state index is 11.4. The number of aromatic carboxylic acids is 1. The van der Waals surface area contributed by atoms with Crippen molar-refractivity contribution in [3.63, 3.8) is 0 Å². The lowest BCUT2D eigenvalue weighted by Crippen LogP contribution is -2.24. The average Bonchev–Trinajstić information content (AvgIpc) is 2.17. The summed E-state index contributed by atoms with van der Waals surface area (Å²) in [5, 5.41) is 11.3. The molecule has 0 unspecified atom stereocenters. The number of rotatable bonds is 3. The number of hydrogen-bond acceptors (Lipinski definition) is 3. The normalized spacial score (nSPS) is 9.73. The van der Waals surface area contributed by atoms with Crippen molar-refractivity contribution in [2.24, 2.45) is 0 Å². The van der Waals surface area contributed by atoms with E-state index in [2.05, 4.69) is 10.3 Å². The molecule has 15 heavy (non-hydrogen) atoms. The Hall–Kier alpha value is -1.18. The molecule has 0 aliphatic heterocycles. The fourth-order valence-electron chi connectivity index (χ4n) is 0.974. The number of pyridine rings is 1. The number of hydrogen-bond donors (Lipinski definition) is 2. The van der Waals surface area contributed by atoms with Gasteiger partial charge in [0.2, 0.25) is 0 Å². The van der Waals surface area contributed by atoms with Gasteiger partial charge >= 0.3 is 5.97 Å². The van der Waals surface area contributed by atoms with Crippen molar-refractivity contribution in [2.45, 2.75) is 6.92 Å². The van der Waals surface area contributed by atoms with Crippen LogP contribution in [0.5, 0.6) is 0 Å². The van der Waals surface area contributed by atoms with Gasteiger partial charge in [-0.25, -0.2) is 9.78 Å². The molecule has 0 aliphatic rings. The van der Waals surface area contributed by atoms with E-state index in [0.29, 0.717) is 10.1 Å². The minimum absolute atomic E-state index is 0.122. The topological polar surface area (TPSA) is 79.3 Å². The molecule has 0 bridgehead atoms. The highest BCUT2D eigenvalue weighted by Crippen LogP contribution is 2.09. The van der Waals surface area contributed by atoms with Crippen LogP contribution < -0.4 is 5.32 Å². The summed E-state index contributed by atoms with van der Waals surface area (Å²) in [6, 6.07) is 2.95. The third kappa shape index (κ3) is 3.15. The minimum atomic E-state index is -1.14. The van der Waals surface area contributed by atoms with Crippen LogP contribution in [0.1, 0.15) is 27.9 Å². The number of aromatic nitrogens is 1. The number of carbonyl (C=O) groups is 2. The smallest absolute Gasteiger partial charge is 0.354 e. The van der Waals surface area contributed by atoms with E-state index in [1.807, 2.05) is 22.6 Å². The molecule has 0 aromatic carbocycles. The second-order valence-electron chi connectivity index (χ2n) is 2.72. The maximum Gasteiger partial charge on any atom is 0.354 e. The maximum absolute atomic E-state index is 11.4. The Kier molecular flexibility index (Phi) is 4.01. The Bertz CT molecular complexity index is 406. The highest BCUT2D eigenvalue weighted by Gasteiger charge is 2.12. The fourth-order valence-corrected chi connectivity index (χ4v) is 1.56. The summed E-state index contributed by atoms with van der Waals surface area (Å²) in [7, 11) is 0. The molecule has 0 saturated heterocycles. The summed E-state index contributed by atoms with van der Waals surface area (Å²) >= 11 is 1.94. The van der Waals surface area contributed by atoms with Crippen molar-refractivity contribution in [1.29, 1.82) is 0 Å². The average molecular weight is 320 g/mol. The quantitative estimate of drug-likeness (QED) is 0.819. The van der Waals surface area contributed by atoms with Gasteiger partial charge in [0.05, 0.1) is 0 Å². The van der Waals surface area contributed by atoms with Crippen LogP contribution >= 0.6 is 22.6 Å². The minimum Gasteiger partial charge on any atom is -0.477 e. The van der Waals surface area contributed by atoms with Crippen LogP contribution in [-0.4, -0.2) is 28.5 Å². The molecular weight excluding hydrogens is 311 g/mol. The van der Waals surface area contributed by atoms with Crippen molar-refractivity contribution in [1.82, 2.24) is 10.3 Å². The molecule has 80 valence electrons. The van der Waals surface area contributed by atoms with Crippen molar-refractivity contribution in [3.8, 4) is 0 Å². The van der Waals surface area contributed by atoms with E-state index < -0.39 is 5.97 Å². The highest BCUT2D eigenvalue weighted by molar-refractivity contribution is 14.1. The second-order valence-corrected chi connectivity index (χ2v) is 3.97. The van der Waals surface area contributed by atoms with E-state index in [-0.39, 0.29) is 17.3 Å². The Morgan fingerprint density at radius 1 is 1.47 bits per heavy atom. The lowest BCUT2D eigenvalue weighted by atomic mass is 10.3. The first kappa shape index (κ1) is 11.9. The molecule has 5 nitrogen and oxygen atoms in total. The summed E-state index contributed by atoms with van der Waals surface area (Å²) < 4.78 is 0.668. The van der Waals surface area contributed by atoms with Crippen LogP contribution in [0.25, 0.3) is 0 Å². The Balaban J connectivity index is 3.09. The van der Waals surface area contributed by atoms with Gasteiger partial charge in [0, 0.05) is 10.1 Å². The molecule has 1 rings (SSSR count). The van der Waals surface area contributed by atoms with Gasteiger partial charge in [0.15, 0.2) is 0 Å². The number of carboxylic acids is 1. The summed E-state index contributed by atoms with van der Waals surface area (Å²) in [4.78, 5) is 25.8. The van der Waals surface area contributed by atoms with E-state index in [9.17, 15) is 9.59 Å². The number of carbonyl (C=O) groups excluding carboxylic acids is 1. The molecule has 1 aromatic heterocycles. The molecule has 0 radical (unpaired) electrons. The molecule has 6 heteroatoms. The number of amides is 1. The van der Waals surface area contributed by atoms with Crippen LogP contribution in [0.4, 0.5) is 0 Å². The molecule has 1 aromatic rings. The fraction of sp³-hybridized carbons (Fsp3) is 0.222. The molecule has 0 aliphatic carbocycles. The van der Waals surface area contributed by atoms with Gasteiger partial charge in [-0.05, 0) is 41.6 Å². The van der Waals surface area contributed by atoms with Crippen molar-refractivity contribution < 1.29 is 14.7 Å². The first-order chi connectivity index (χ1) is 7.04. The summed E-state index contributed by atoms with van der Waals surface area (Å²) in [5.74, 6) is -1.50. The zero-order valence-corrected chi connectivity index (χ0v) is 10.1. The molecule has 1 amide bonds. The van der Waals surface area contributed by atoms with Gasteiger partial charge in [0.25, 0.3) is 5.91 Å². The second kappa shape index (κ2) is 5.06. The zero-order chi connectivity index (χ0) is 11.4. The lowest BCUT2D eigenvalue weighted by Gasteiger charge is -2.03. The zero-order valence-electron chi connectivity index (χ0n) is 7.95. The van der Waals surface area contributed by atoms with Crippen molar-refractivity contribution in [3.05, 3.63) is 27.1 Å². The molecule has 0 spiro atoms. The van der Waals surface area contributed by atoms with E-state index in [0.717, 1.165) is 0 Å². The first-order valence-corrected chi connectivity index (χ1v) is 5.31.